The minimum Gasteiger partial charge on any atom is -0.0622 e. The van der Waals surface area contributed by atoms with E-state index in [4.69, 9.17) is 0 Å². The van der Waals surface area contributed by atoms with Gasteiger partial charge >= 0.3 is 22.4 Å². The summed E-state index contributed by atoms with van der Waals surface area (Å²) >= 11 is 0. The summed E-state index contributed by atoms with van der Waals surface area (Å²) in [5.74, 6) is 12.4. The molecule has 0 aromatic heterocycles. The molecule has 0 aliphatic heterocycles. The fourth-order valence-corrected chi connectivity index (χ4v) is 5.48. The molecule has 2 heteroatoms. The molecule has 0 radical (unpaired) electrons. The standard InChI is InChI=1S/C28H19P.Au/c1-4-14-24(15-5-1)16-10-11-17-25-18-12-13-23-28(25)29(26-19-6-2-7-20-26)27-21-8-3-9-22-27;/h1-9,12-15,18-23H;/q;+1. The topological polar surface area (TPSA) is 0 Å². The summed E-state index contributed by atoms with van der Waals surface area (Å²) in [7, 11) is -0.682. The van der Waals surface area contributed by atoms with Gasteiger partial charge in [-0.25, -0.2) is 0 Å². The van der Waals surface area contributed by atoms with Gasteiger partial charge in [0, 0.05) is 16.4 Å². The minimum absolute atomic E-state index is 0. The predicted octanol–water partition coefficient (Wildman–Crippen LogP) is 4.85. The van der Waals surface area contributed by atoms with Crippen LogP contribution in [0.3, 0.4) is 0 Å². The molecule has 30 heavy (non-hydrogen) atoms. The molecule has 4 aromatic rings. The molecular formula is C28H19AuP+. The Morgan fingerprint density at radius 2 is 0.933 bits per heavy atom. The third-order valence-electron chi connectivity index (χ3n) is 4.41. The van der Waals surface area contributed by atoms with E-state index in [2.05, 4.69) is 103 Å². The molecule has 0 fully saturated rings. The molecule has 0 bridgehead atoms. The van der Waals surface area contributed by atoms with Crippen molar-refractivity contribution in [3.8, 4) is 23.7 Å². The quantitative estimate of drug-likeness (QED) is 0.184. The Morgan fingerprint density at radius 1 is 0.467 bits per heavy atom. The van der Waals surface area contributed by atoms with Crippen molar-refractivity contribution in [2.24, 2.45) is 0 Å². The van der Waals surface area contributed by atoms with E-state index in [-0.39, 0.29) is 22.4 Å². The molecule has 0 aliphatic rings. The second kappa shape index (κ2) is 11.4. The second-order valence-corrected chi connectivity index (χ2v) is 8.58. The molecule has 0 nitrogen and oxygen atoms in total. The molecule has 0 aliphatic carbocycles. The van der Waals surface area contributed by atoms with Crippen molar-refractivity contribution in [3.05, 3.63) is 126 Å². The minimum atomic E-state index is -0.682. The zero-order valence-corrected chi connectivity index (χ0v) is 19.3. The summed E-state index contributed by atoms with van der Waals surface area (Å²) in [5, 5.41) is 3.89. The molecule has 0 atom stereocenters. The predicted molar refractivity (Wildman–Crippen MR) is 125 cm³/mol. The number of hydrogen-bond donors (Lipinski definition) is 0. The van der Waals surface area contributed by atoms with Crippen molar-refractivity contribution in [1.29, 1.82) is 0 Å². The van der Waals surface area contributed by atoms with Gasteiger partial charge < -0.3 is 0 Å². The monoisotopic (exact) mass is 583 g/mol. The van der Waals surface area contributed by atoms with E-state index in [9.17, 15) is 0 Å². The van der Waals surface area contributed by atoms with Gasteiger partial charge in [0.2, 0.25) is 0 Å². The Bertz CT molecular complexity index is 1160. The smallest absolute Gasteiger partial charge is 0.0622 e. The van der Waals surface area contributed by atoms with Crippen LogP contribution in [-0.4, -0.2) is 0 Å². The van der Waals surface area contributed by atoms with Gasteiger partial charge in [0.15, 0.2) is 0 Å². The average molecular weight is 583 g/mol. The van der Waals surface area contributed by atoms with Crippen molar-refractivity contribution in [2.45, 2.75) is 0 Å². The van der Waals surface area contributed by atoms with Crippen LogP contribution >= 0.6 is 7.92 Å². The molecule has 0 heterocycles. The molecule has 0 spiro atoms. The van der Waals surface area contributed by atoms with Gasteiger partial charge in [0.1, 0.15) is 0 Å². The van der Waals surface area contributed by atoms with Gasteiger partial charge in [-0.2, -0.15) is 0 Å². The van der Waals surface area contributed by atoms with Gasteiger partial charge in [0.25, 0.3) is 0 Å². The van der Waals surface area contributed by atoms with Crippen LogP contribution < -0.4 is 15.9 Å². The van der Waals surface area contributed by atoms with E-state index < -0.39 is 7.92 Å². The van der Waals surface area contributed by atoms with E-state index in [1.165, 1.54) is 15.9 Å². The fourth-order valence-electron chi connectivity index (χ4n) is 3.08. The number of rotatable bonds is 3. The van der Waals surface area contributed by atoms with E-state index in [0.717, 1.165) is 11.1 Å². The molecule has 0 amide bonds. The molecule has 0 saturated heterocycles. The Morgan fingerprint density at radius 3 is 1.53 bits per heavy atom. The first-order valence-electron chi connectivity index (χ1n) is 9.48. The van der Waals surface area contributed by atoms with Crippen LogP contribution in [0.4, 0.5) is 0 Å². The van der Waals surface area contributed by atoms with Crippen molar-refractivity contribution >= 4 is 23.8 Å². The summed E-state index contributed by atoms with van der Waals surface area (Å²) in [6, 6.07) is 39.7. The van der Waals surface area contributed by atoms with Crippen LogP contribution in [0, 0.1) is 23.7 Å². The molecule has 4 rings (SSSR count). The van der Waals surface area contributed by atoms with Crippen molar-refractivity contribution < 1.29 is 22.4 Å². The van der Waals surface area contributed by atoms with Gasteiger partial charge in [-0.05, 0) is 48.6 Å². The Balaban J connectivity index is 0.00000256. The van der Waals surface area contributed by atoms with Gasteiger partial charge in [-0.1, -0.05) is 109 Å². The maximum Gasteiger partial charge on any atom is 1.00 e. The molecule has 0 saturated carbocycles. The van der Waals surface area contributed by atoms with Gasteiger partial charge in [-0.15, -0.1) is 0 Å². The third kappa shape index (κ3) is 5.62. The normalized spacial score (nSPS) is 9.50. The van der Waals surface area contributed by atoms with E-state index in [1.54, 1.807) is 0 Å². The number of hydrogen-bond acceptors (Lipinski definition) is 0. The maximum absolute atomic E-state index is 3.30. The van der Waals surface area contributed by atoms with E-state index in [1.807, 2.05) is 36.4 Å². The van der Waals surface area contributed by atoms with Crippen LogP contribution in [0.1, 0.15) is 11.1 Å². The summed E-state index contributed by atoms with van der Waals surface area (Å²) < 4.78 is 0. The maximum atomic E-state index is 3.30. The zero-order chi connectivity index (χ0) is 19.7. The van der Waals surface area contributed by atoms with Crippen molar-refractivity contribution in [3.63, 3.8) is 0 Å². The first kappa shape index (κ1) is 21.9. The Hall–Kier alpha value is -2.83. The SMILES string of the molecule is C(C#Cc1ccccc1P(c1ccccc1)c1ccccc1)#Cc1ccccc1.[Au+]. The van der Waals surface area contributed by atoms with Gasteiger partial charge in [0.05, 0.1) is 0 Å². The first-order chi connectivity index (χ1) is 14.4. The van der Waals surface area contributed by atoms with Crippen LogP contribution in [-0.2, 0) is 22.4 Å². The molecule has 146 valence electrons. The summed E-state index contributed by atoms with van der Waals surface area (Å²) in [4.78, 5) is 0. The number of benzene rings is 4. The van der Waals surface area contributed by atoms with Crippen molar-refractivity contribution in [1.82, 2.24) is 0 Å². The van der Waals surface area contributed by atoms with E-state index in [0.29, 0.717) is 0 Å². The van der Waals surface area contributed by atoms with Crippen LogP contribution in [0.25, 0.3) is 0 Å². The van der Waals surface area contributed by atoms with Crippen LogP contribution in [0.2, 0.25) is 0 Å². The fraction of sp³-hybridized carbons (Fsp3) is 0. The zero-order valence-electron chi connectivity index (χ0n) is 16.2. The second-order valence-electron chi connectivity index (χ2n) is 6.39. The van der Waals surface area contributed by atoms with Crippen LogP contribution in [0.5, 0.6) is 0 Å². The molecule has 0 N–H and O–H groups in total. The average Bonchev–Trinajstić information content (AvgIpc) is 2.80. The Labute approximate surface area is 195 Å². The summed E-state index contributed by atoms with van der Waals surface area (Å²) in [6.45, 7) is 0. The molecular weight excluding hydrogens is 564 g/mol. The summed E-state index contributed by atoms with van der Waals surface area (Å²) in [6.07, 6.45) is 0. The largest absolute Gasteiger partial charge is 1.00 e. The summed E-state index contributed by atoms with van der Waals surface area (Å²) in [5.41, 5.74) is 2.01. The molecule has 0 unspecified atom stereocenters. The van der Waals surface area contributed by atoms with E-state index >= 15 is 0 Å². The van der Waals surface area contributed by atoms with Crippen molar-refractivity contribution in [2.75, 3.05) is 0 Å². The van der Waals surface area contributed by atoms with Crippen LogP contribution in [0.15, 0.2) is 115 Å². The molecule has 4 aromatic carbocycles. The van der Waals surface area contributed by atoms with Gasteiger partial charge in [-0.3, -0.25) is 0 Å². The third-order valence-corrected chi connectivity index (χ3v) is 6.91. The Kier molecular flexibility index (Phi) is 8.30. The first-order valence-corrected chi connectivity index (χ1v) is 10.8.